The van der Waals surface area contributed by atoms with Crippen LogP contribution in [0.2, 0.25) is 0 Å². The van der Waals surface area contributed by atoms with E-state index in [0.717, 1.165) is 33.4 Å². The van der Waals surface area contributed by atoms with E-state index in [-0.39, 0.29) is 11.4 Å². The molecule has 0 saturated carbocycles. The molecule has 3 aromatic heterocycles. The Hall–Kier alpha value is -5.10. The molecule has 182 valence electrons. The second-order valence-corrected chi connectivity index (χ2v) is 8.69. The Bertz CT molecular complexity index is 1580. The highest BCUT2D eigenvalue weighted by Gasteiger charge is 2.17. The van der Waals surface area contributed by atoms with Gasteiger partial charge in [-0.05, 0) is 64.7 Å². The van der Waals surface area contributed by atoms with Crippen molar-refractivity contribution in [2.45, 2.75) is 0 Å². The minimum absolute atomic E-state index is 0.00970. The lowest BCUT2D eigenvalue weighted by Crippen LogP contribution is -1.99. The average Bonchev–Trinajstić information content (AvgIpc) is 2.98. The molecule has 0 unspecified atom stereocenters. The first-order valence-electron chi connectivity index (χ1n) is 12.0. The third kappa shape index (κ3) is 4.67. The summed E-state index contributed by atoms with van der Waals surface area (Å²) in [6.45, 7) is 0. The third-order valence-corrected chi connectivity index (χ3v) is 6.30. The fourth-order valence-electron chi connectivity index (χ4n) is 4.32. The van der Waals surface area contributed by atoms with Gasteiger partial charge < -0.3 is 0 Å². The average molecular weight is 499 g/mol. The van der Waals surface area contributed by atoms with Crippen LogP contribution in [0.15, 0.2) is 122 Å². The number of pyridine rings is 2. The van der Waals surface area contributed by atoms with Crippen molar-refractivity contribution in [3.63, 3.8) is 0 Å². The summed E-state index contributed by atoms with van der Waals surface area (Å²) in [5.41, 5.74) is 6.61. The van der Waals surface area contributed by atoms with Crippen LogP contribution >= 0.6 is 0 Å². The molecule has 0 saturated heterocycles. The zero-order valence-electron chi connectivity index (χ0n) is 20.1. The van der Waals surface area contributed by atoms with Gasteiger partial charge in [-0.2, -0.15) is 0 Å². The minimum Gasteiger partial charge on any atom is -0.265 e. The van der Waals surface area contributed by atoms with Gasteiger partial charge in [-0.25, -0.2) is 18.7 Å². The lowest BCUT2D eigenvalue weighted by molar-refractivity contribution is 0.587. The zero-order valence-corrected chi connectivity index (χ0v) is 20.1. The van der Waals surface area contributed by atoms with Crippen LogP contribution in [0.25, 0.3) is 56.2 Å². The molecular weight excluding hydrogens is 478 g/mol. The Morgan fingerprint density at radius 3 is 1.21 bits per heavy atom. The number of halogens is 2. The molecule has 0 N–H and O–H groups in total. The molecule has 4 nitrogen and oxygen atoms in total. The van der Waals surface area contributed by atoms with E-state index in [1.54, 1.807) is 24.8 Å². The highest BCUT2D eigenvalue weighted by atomic mass is 19.1. The van der Waals surface area contributed by atoms with Crippen molar-refractivity contribution in [2.75, 3.05) is 0 Å². The Labute approximate surface area is 218 Å². The Balaban J connectivity index is 1.45. The van der Waals surface area contributed by atoms with Crippen molar-refractivity contribution in [3.8, 4) is 56.2 Å². The lowest BCUT2D eigenvalue weighted by Gasteiger charge is -2.11. The van der Waals surface area contributed by atoms with Gasteiger partial charge in [0.25, 0.3) is 0 Å². The Morgan fingerprint density at radius 1 is 0.421 bits per heavy atom. The molecule has 0 fully saturated rings. The van der Waals surface area contributed by atoms with E-state index < -0.39 is 11.6 Å². The van der Waals surface area contributed by atoms with Crippen LogP contribution in [0.3, 0.4) is 0 Å². The van der Waals surface area contributed by atoms with E-state index in [9.17, 15) is 8.78 Å². The minimum atomic E-state index is -0.714. The highest BCUT2D eigenvalue weighted by Crippen LogP contribution is 2.32. The molecule has 0 radical (unpaired) electrons. The van der Waals surface area contributed by atoms with Gasteiger partial charge >= 0.3 is 0 Å². The summed E-state index contributed by atoms with van der Waals surface area (Å²) >= 11 is 0. The number of rotatable bonds is 5. The van der Waals surface area contributed by atoms with Gasteiger partial charge in [0.15, 0.2) is 5.82 Å². The first kappa shape index (κ1) is 23.3. The number of hydrogen-bond donors (Lipinski definition) is 0. The van der Waals surface area contributed by atoms with Crippen molar-refractivity contribution in [1.29, 1.82) is 0 Å². The standard InChI is InChI=1S/C32H20F2N4/c33-27-2-1-3-28(34)31(27)32-37-29(25-8-4-21(5-9-25)23-12-16-35-17-13-23)20-30(38-32)26-10-6-22(7-11-26)24-14-18-36-19-15-24/h1-20H. The number of hydrogen-bond acceptors (Lipinski definition) is 4. The van der Waals surface area contributed by atoms with Crippen molar-refractivity contribution in [3.05, 3.63) is 133 Å². The summed E-state index contributed by atoms with van der Waals surface area (Å²) in [6.07, 6.45) is 6.98. The van der Waals surface area contributed by atoms with Gasteiger partial charge in [0.05, 0.1) is 17.0 Å². The molecule has 0 bridgehead atoms. The van der Waals surface area contributed by atoms with Crippen molar-refractivity contribution >= 4 is 0 Å². The maximum absolute atomic E-state index is 14.8. The van der Waals surface area contributed by atoms with Crippen molar-refractivity contribution < 1.29 is 8.78 Å². The molecule has 0 aliphatic heterocycles. The van der Waals surface area contributed by atoms with Gasteiger partial charge in [0.1, 0.15) is 11.6 Å². The maximum atomic E-state index is 14.8. The van der Waals surface area contributed by atoms with E-state index in [0.29, 0.717) is 11.4 Å². The SMILES string of the molecule is Fc1cccc(F)c1-c1nc(-c2ccc(-c3ccncc3)cc2)cc(-c2ccc(-c3ccncc3)cc2)n1. The summed E-state index contributed by atoms with van der Waals surface area (Å²) in [5.74, 6) is -1.44. The summed E-state index contributed by atoms with van der Waals surface area (Å²) in [7, 11) is 0. The predicted molar refractivity (Wildman–Crippen MR) is 145 cm³/mol. The second-order valence-electron chi connectivity index (χ2n) is 8.69. The highest BCUT2D eigenvalue weighted by molar-refractivity contribution is 5.75. The van der Waals surface area contributed by atoms with E-state index in [2.05, 4.69) is 19.9 Å². The first-order chi connectivity index (χ1) is 18.7. The zero-order chi connectivity index (χ0) is 25.9. The predicted octanol–water partition coefficient (Wildman–Crippen LogP) is 7.88. The monoisotopic (exact) mass is 498 g/mol. The van der Waals surface area contributed by atoms with Gasteiger partial charge in [0, 0.05) is 35.9 Å². The summed E-state index contributed by atoms with van der Waals surface area (Å²) in [5, 5.41) is 0. The number of nitrogens with zero attached hydrogens (tertiary/aromatic N) is 4. The van der Waals surface area contributed by atoms with Gasteiger partial charge in [-0.15, -0.1) is 0 Å². The largest absolute Gasteiger partial charge is 0.265 e. The molecule has 0 atom stereocenters. The molecule has 3 aromatic carbocycles. The molecule has 6 heteroatoms. The summed E-state index contributed by atoms with van der Waals surface area (Å²) in [6, 6.07) is 29.0. The lowest BCUT2D eigenvalue weighted by atomic mass is 10.0. The Kier molecular flexibility index (Phi) is 6.20. The number of benzene rings is 3. The van der Waals surface area contributed by atoms with Crippen LogP contribution in [0.4, 0.5) is 8.78 Å². The number of aromatic nitrogens is 4. The van der Waals surface area contributed by atoms with Crippen LogP contribution in [-0.4, -0.2) is 19.9 Å². The van der Waals surface area contributed by atoms with E-state index >= 15 is 0 Å². The summed E-state index contributed by atoms with van der Waals surface area (Å²) in [4.78, 5) is 17.3. The first-order valence-corrected chi connectivity index (χ1v) is 12.0. The quantitative estimate of drug-likeness (QED) is 0.243. The van der Waals surface area contributed by atoms with Crippen LogP contribution in [0, 0.1) is 11.6 Å². The normalized spacial score (nSPS) is 10.9. The topological polar surface area (TPSA) is 51.6 Å². The molecular formula is C32H20F2N4. The molecule has 6 aromatic rings. The maximum Gasteiger partial charge on any atom is 0.166 e. The van der Waals surface area contributed by atoms with E-state index in [4.69, 9.17) is 0 Å². The second kappa shape index (κ2) is 10.1. The molecule has 0 spiro atoms. The molecule has 0 amide bonds. The van der Waals surface area contributed by atoms with Crippen LogP contribution in [0.1, 0.15) is 0 Å². The fraction of sp³-hybridized carbons (Fsp3) is 0. The van der Waals surface area contributed by atoms with Gasteiger partial charge in [0.2, 0.25) is 0 Å². The smallest absolute Gasteiger partial charge is 0.166 e. The summed E-state index contributed by atoms with van der Waals surface area (Å²) < 4.78 is 29.5. The third-order valence-electron chi connectivity index (χ3n) is 6.30. The van der Waals surface area contributed by atoms with Crippen LogP contribution in [-0.2, 0) is 0 Å². The fourth-order valence-corrected chi connectivity index (χ4v) is 4.32. The molecule has 38 heavy (non-hydrogen) atoms. The van der Waals surface area contributed by atoms with Crippen LogP contribution < -0.4 is 0 Å². The molecule has 0 aliphatic rings. The van der Waals surface area contributed by atoms with Crippen LogP contribution in [0.5, 0.6) is 0 Å². The van der Waals surface area contributed by atoms with Crippen molar-refractivity contribution in [2.24, 2.45) is 0 Å². The Morgan fingerprint density at radius 2 is 0.789 bits per heavy atom. The molecule has 0 aliphatic carbocycles. The molecule has 3 heterocycles. The van der Waals surface area contributed by atoms with Crippen molar-refractivity contribution in [1.82, 2.24) is 19.9 Å². The van der Waals surface area contributed by atoms with Gasteiger partial charge in [-0.3, -0.25) is 9.97 Å². The van der Waals surface area contributed by atoms with E-state index in [1.165, 1.54) is 18.2 Å². The van der Waals surface area contributed by atoms with Gasteiger partial charge in [-0.1, -0.05) is 54.6 Å². The van der Waals surface area contributed by atoms with E-state index in [1.807, 2.05) is 78.9 Å². The molecule has 6 rings (SSSR count).